The molecular formula is C22H22Cl2N2O4. The van der Waals surface area contributed by atoms with Crippen molar-refractivity contribution in [3.63, 3.8) is 0 Å². The van der Waals surface area contributed by atoms with Gasteiger partial charge in [-0.25, -0.2) is 4.79 Å². The van der Waals surface area contributed by atoms with Crippen LogP contribution in [0, 0.1) is 20.8 Å². The molecule has 0 aliphatic rings. The topological polar surface area (TPSA) is 84.5 Å². The largest absolute Gasteiger partial charge is 0.452 e. The average molecular weight is 449 g/mol. The van der Waals surface area contributed by atoms with E-state index < -0.39 is 18.5 Å². The van der Waals surface area contributed by atoms with Crippen molar-refractivity contribution in [1.82, 2.24) is 5.32 Å². The zero-order valence-corrected chi connectivity index (χ0v) is 18.4. The van der Waals surface area contributed by atoms with E-state index in [1.807, 2.05) is 32.9 Å². The van der Waals surface area contributed by atoms with Crippen LogP contribution in [-0.2, 0) is 19.1 Å². The van der Waals surface area contributed by atoms with Gasteiger partial charge in [-0.2, -0.15) is 0 Å². The number of anilines is 1. The summed E-state index contributed by atoms with van der Waals surface area (Å²) in [7, 11) is 0. The molecule has 2 aromatic carbocycles. The molecule has 0 atom stereocenters. The van der Waals surface area contributed by atoms with Gasteiger partial charge in [0.1, 0.15) is 0 Å². The first-order chi connectivity index (χ1) is 14.2. The Hall–Kier alpha value is -2.83. The molecule has 8 heteroatoms. The van der Waals surface area contributed by atoms with Crippen molar-refractivity contribution in [2.45, 2.75) is 20.8 Å². The third-order valence-corrected chi connectivity index (χ3v) is 4.66. The summed E-state index contributed by atoms with van der Waals surface area (Å²) in [6.45, 7) is 5.04. The van der Waals surface area contributed by atoms with Crippen LogP contribution in [0.2, 0.25) is 10.0 Å². The molecule has 6 nitrogen and oxygen atoms in total. The number of carbonyl (C=O) groups is 3. The number of rotatable bonds is 7. The smallest absolute Gasteiger partial charge is 0.331 e. The minimum atomic E-state index is -0.716. The van der Waals surface area contributed by atoms with Crippen LogP contribution < -0.4 is 10.6 Å². The van der Waals surface area contributed by atoms with E-state index >= 15 is 0 Å². The Morgan fingerprint density at radius 2 is 1.67 bits per heavy atom. The summed E-state index contributed by atoms with van der Waals surface area (Å²) in [4.78, 5) is 35.7. The van der Waals surface area contributed by atoms with Crippen molar-refractivity contribution in [1.29, 1.82) is 0 Å². The number of halogens is 2. The fourth-order valence-corrected chi connectivity index (χ4v) is 3.24. The number of nitrogens with one attached hydrogen (secondary N) is 2. The maximum absolute atomic E-state index is 12.1. The van der Waals surface area contributed by atoms with Gasteiger partial charge in [0.25, 0.3) is 5.91 Å². The molecule has 0 aromatic heterocycles. The van der Waals surface area contributed by atoms with E-state index in [4.69, 9.17) is 27.9 Å². The molecule has 0 bridgehead atoms. The summed E-state index contributed by atoms with van der Waals surface area (Å²) in [6, 6.07) is 8.76. The summed E-state index contributed by atoms with van der Waals surface area (Å²) < 4.78 is 4.85. The Morgan fingerprint density at radius 1 is 1.00 bits per heavy atom. The highest BCUT2D eigenvalue weighted by molar-refractivity contribution is 6.35. The van der Waals surface area contributed by atoms with E-state index in [1.54, 1.807) is 18.2 Å². The third kappa shape index (κ3) is 7.21. The number of esters is 1. The van der Waals surface area contributed by atoms with E-state index in [-0.39, 0.29) is 12.5 Å². The fraction of sp³-hybridized carbons (Fsp3) is 0.227. The van der Waals surface area contributed by atoms with Gasteiger partial charge in [0.15, 0.2) is 6.61 Å². The molecule has 2 amide bonds. The third-order valence-electron chi connectivity index (χ3n) is 4.09. The van der Waals surface area contributed by atoms with Crippen molar-refractivity contribution < 1.29 is 19.1 Å². The number of hydrogen-bond donors (Lipinski definition) is 2. The van der Waals surface area contributed by atoms with Crippen molar-refractivity contribution >= 4 is 52.7 Å². The molecule has 2 N–H and O–H groups in total. The van der Waals surface area contributed by atoms with Gasteiger partial charge < -0.3 is 15.4 Å². The Labute approximate surface area is 185 Å². The van der Waals surface area contributed by atoms with Crippen LogP contribution >= 0.6 is 23.2 Å². The highest BCUT2D eigenvalue weighted by Crippen LogP contribution is 2.22. The lowest BCUT2D eigenvalue weighted by atomic mass is 10.1. The van der Waals surface area contributed by atoms with Crippen LogP contribution in [0.1, 0.15) is 22.3 Å². The van der Waals surface area contributed by atoms with Gasteiger partial charge in [-0.3, -0.25) is 9.59 Å². The second-order valence-electron chi connectivity index (χ2n) is 6.71. The minimum Gasteiger partial charge on any atom is -0.452 e. The highest BCUT2D eigenvalue weighted by atomic mass is 35.5. The minimum absolute atomic E-state index is 0.237. The fourth-order valence-electron chi connectivity index (χ4n) is 2.77. The van der Waals surface area contributed by atoms with E-state index in [0.29, 0.717) is 15.6 Å². The quantitative estimate of drug-likeness (QED) is 0.490. The second kappa shape index (κ2) is 10.8. The predicted octanol–water partition coefficient (Wildman–Crippen LogP) is 4.23. The summed E-state index contributed by atoms with van der Waals surface area (Å²) in [5, 5.41) is 6.05. The van der Waals surface area contributed by atoms with Crippen LogP contribution in [0.3, 0.4) is 0 Å². The molecule has 0 unspecified atom stereocenters. The standard InChI is InChI=1S/C22H22Cl2N2O4/c1-13-8-14(2)22(15(3)9-13)26-19(27)11-25-20(28)12-30-21(29)7-5-16-4-6-17(23)10-18(16)24/h4-10H,11-12H2,1-3H3,(H,25,28)(H,26,27)/b7-5+. The monoisotopic (exact) mass is 448 g/mol. The zero-order valence-electron chi connectivity index (χ0n) is 16.8. The number of amides is 2. The molecule has 0 fully saturated rings. The number of hydrogen-bond acceptors (Lipinski definition) is 4. The molecule has 0 aliphatic carbocycles. The van der Waals surface area contributed by atoms with E-state index in [2.05, 4.69) is 10.6 Å². The predicted molar refractivity (Wildman–Crippen MR) is 119 cm³/mol. The van der Waals surface area contributed by atoms with Crippen molar-refractivity contribution in [3.05, 3.63) is 68.7 Å². The first-order valence-electron chi connectivity index (χ1n) is 9.10. The Bertz CT molecular complexity index is 980. The summed E-state index contributed by atoms with van der Waals surface area (Å²) in [5.41, 5.74) is 4.28. The van der Waals surface area contributed by atoms with Crippen molar-refractivity contribution in [2.75, 3.05) is 18.5 Å². The maximum atomic E-state index is 12.1. The maximum Gasteiger partial charge on any atom is 0.331 e. The van der Waals surface area contributed by atoms with Gasteiger partial charge in [0.05, 0.1) is 6.54 Å². The van der Waals surface area contributed by atoms with Crippen LogP contribution in [0.25, 0.3) is 6.08 Å². The van der Waals surface area contributed by atoms with Crippen LogP contribution in [0.15, 0.2) is 36.4 Å². The molecule has 0 radical (unpaired) electrons. The first kappa shape index (κ1) is 23.4. The number of aryl methyl sites for hydroxylation is 3. The lowest BCUT2D eigenvalue weighted by molar-refractivity contribution is -0.143. The molecule has 2 rings (SSSR count). The van der Waals surface area contributed by atoms with Gasteiger partial charge in [-0.05, 0) is 55.7 Å². The highest BCUT2D eigenvalue weighted by Gasteiger charge is 2.11. The zero-order chi connectivity index (χ0) is 22.3. The van der Waals surface area contributed by atoms with Gasteiger partial charge in [-0.1, -0.05) is 47.0 Å². The SMILES string of the molecule is Cc1cc(C)c(NC(=O)CNC(=O)COC(=O)/C=C/c2ccc(Cl)cc2Cl)c(C)c1. The van der Waals surface area contributed by atoms with Crippen molar-refractivity contribution in [3.8, 4) is 0 Å². The van der Waals surface area contributed by atoms with E-state index in [1.165, 1.54) is 6.08 Å². The van der Waals surface area contributed by atoms with Crippen LogP contribution in [-0.4, -0.2) is 30.9 Å². The van der Waals surface area contributed by atoms with E-state index in [9.17, 15) is 14.4 Å². The summed E-state index contributed by atoms with van der Waals surface area (Å²) in [5.74, 6) is -1.68. The van der Waals surface area contributed by atoms with Gasteiger partial charge >= 0.3 is 5.97 Å². The molecule has 2 aromatic rings. The van der Waals surface area contributed by atoms with Crippen molar-refractivity contribution in [2.24, 2.45) is 0 Å². The van der Waals surface area contributed by atoms with Gasteiger partial charge in [-0.15, -0.1) is 0 Å². The Balaban J connectivity index is 1.77. The summed E-state index contributed by atoms with van der Waals surface area (Å²) in [6.07, 6.45) is 2.61. The Morgan fingerprint density at radius 3 is 2.30 bits per heavy atom. The number of carbonyl (C=O) groups excluding carboxylic acids is 3. The lowest BCUT2D eigenvalue weighted by Crippen LogP contribution is -2.35. The Kier molecular flexibility index (Phi) is 8.45. The molecule has 0 aliphatic heterocycles. The van der Waals surface area contributed by atoms with Gasteiger partial charge in [0, 0.05) is 21.8 Å². The second-order valence-corrected chi connectivity index (χ2v) is 7.55. The normalized spacial score (nSPS) is 10.7. The van der Waals surface area contributed by atoms with Crippen LogP contribution in [0.4, 0.5) is 5.69 Å². The molecule has 30 heavy (non-hydrogen) atoms. The molecule has 158 valence electrons. The van der Waals surface area contributed by atoms with E-state index in [0.717, 1.165) is 28.5 Å². The summed E-state index contributed by atoms with van der Waals surface area (Å²) >= 11 is 11.8. The molecule has 0 heterocycles. The average Bonchev–Trinajstić information content (AvgIpc) is 2.66. The van der Waals surface area contributed by atoms with Gasteiger partial charge in [0.2, 0.25) is 5.91 Å². The molecular weight excluding hydrogens is 427 g/mol. The lowest BCUT2D eigenvalue weighted by Gasteiger charge is -2.13. The molecule has 0 spiro atoms. The number of ether oxygens (including phenoxy) is 1. The molecule has 0 saturated heterocycles. The first-order valence-corrected chi connectivity index (χ1v) is 9.85. The number of benzene rings is 2. The molecule has 0 saturated carbocycles. The van der Waals surface area contributed by atoms with Crippen LogP contribution in [0.5, 0.6) is 0 Å².